The van der Waals surface area contributed by atoms with Gasteiger partial charge in [0.15, 0.2) is 17.2 Å². The largest absolute Gasteiger partial charge is 0.455 e. The van der Waals surface area contributed by atoms with Crippen molar-refractivity contribution in [3.05, 3.63) is 53.0 Å². The number of nitrogens with one attached hydrogen (secondary N) is 2. The molecule has 11 nitrogen and oxygen atoms in total. The molecule has 0 radical (unpaired) electrons. The van der Waals surface area contributed by atoms with Crippen LogP contribution in [0.2, 0.25) is 0 Å². The van der Waals surface area contributed by atoms with Crippen LogP contribution in [0.1, 0.15) is 76.0 Å². The number of anilines is 2. The maximum absolute atomic E-state index is 13.7. The Morgan fingerprint density at radius 1 is 1.15 bits per heavy atom. The molecular weight excluding hydrogens is 529 g/mol. The number of hydrogen-bond donors (Lipinski definition) is 2. The van der Waals surface area contributed by atoms with Crippen molar-refractivity contribution < 1.29 is 23.5 Å². The predicted molar refractivity (Wildman–Crippen MR) is 151 cm³/mol. The molecule has 0 bridgehead atoms. The molecule has 1 aliphatic heterocycles. The highest BCUT2D eigenvalue weighted by Crippen LogP contribution is 2.25. The van der Waals surface area contributed by atoms with Crippen LogP contribution in [-0.4, -0.2) is 61.9 Å². The molecule has 0 aliphatic carbocycles. The average Bonchev–Trinajstić information content (AvgIpc) is 3.22. The van der Waals surface area contributed by atoms with Gasteiger partial charge in [0, 0.05) is 31.7 Å². The third kappa shape index (κ3) is 7.63. The summed E-state index contributed by atoms with van der Waals surface area (Å²) < 4.78 is 26.1. The number of likely N-dealkylation sites (tertiary alicyclic amines) is 1. The van der Waals surface area contributed by atoms with Crippen molar-refractivity contribution in [1.29, 1.82) is 5.26 Å². The first-order valence-electron chi connectivity index (χ1n) is 13.5. The third-order valence-electron chi connectivity index (χ3n) is 6.08. The van der Waals surface area contributed by atoms with E-state index in [0.717, 1.165) is 12.8 Å². The number of nitrogens with zero attached hydrogens (tertiary/aromatic N) is 5. The average molecular weight is 566 g/mol. The Morgan fingerprint density at radius 3 is 2.54 bits per heavy atom. The van der Waals surface area contributed by atoms with Crippen molar-refractivity contribution in [2.45, 2.75) is 78.2 Å². The number of esters is 1. The number of carbonyl (C=O) groups is 2. The highest BCUT2D eigenvalue weighted by atomic mass is 19.1. The summed E-state index contributed by atoms with van der Waals surface area (Å²) in [5.41, 5.74) is -0.388. The fourth-order valence-electron chi connectivity index (χ4n) is 4.42. The lowest BCUT2D eigenvalue weighted by Crippen LogP contribution is -2.47. The van der Waals surface area contributed by atoms with Gasteiger partial charge in [0.25, 0.3) is 0 Å². The maximum Gasteiger partial charge on any atom is 0.410 e. The number of halogens is 1. The number of rotatable bonds is 6. The Morgan fingerprint density at radius 2 is 1.88 bits per heavy atom. The van der Waals surface area contributed by atoms with E-state index in [4.69, 9.17) is 9.47 Å². The van der Waals surface area contributed by atoms with Gasteiger partial charge in [-0.05, 0) is 72.1 Å². The predicted octanol–water partition coefficient (Wildman–Crippen LogP) is 5.12. The fourth-order valence-corrected chi connectivity index (χ4v) is 4.42. The number of carbonyl (C=O) groups excluding carboxylic acids is 2. The normalized spacial score (nSPS) is 15.8. The number of fused-ring (bicyclic) bond motifs is 1. The second-order valence-corrected chi connectivity index (χ2v) is 12.0. The third-order valence-corrected chi connectivity index (χ3v) is 6.08. The maximum atomic E-state index is 13.7. The van der Waals surface area contributed by atoms with Crippen molar-refractivity contribution in [3.63, 3.8) is 0 Å². The number of hydrogen-bond acceptors (Lipinski definition) is 9. The summed E-state index contributed by atoms with van der Waals surface area (Å²) in [5, 5.41) is 20.9. The van der Waals surface area contributed by atoms with Gasteiger partial charge in [-0.2, -0.15) is 5.26 Å². The summed E-state index contributed by atoms with van der Waals surface area (Å²) in [5.74, 6) is -0.490. The molecular formula is C29H36FN7O4. The first kappa shape index (κ1) is 29.6. The van der Waals surface area contributed by atoms with Gasteiger partial charge in [-0.15, -0.1) is 5.10 Å². The van der Waals surface area contributed by atoms with E-state index in [1.165, 1.54) is 22.7 Å². The molecule has 218 valence electrons. The molecule has 4 rings (SSSR count). The van der Waals surface area contributed by atoms with Crippen LogP contribution < -0.4 is 10.6 Å². The minimum atomic E-state index is -0.777. The van der Waals surface area contributed by atoms with Crippen LogP contribution >= 0.6 is 0 Å². The molecule has 0 saturated carbocycles. The van der Waals surface area contributed by atoms with Gasteiger partial charge in [-0.3, -0.25) is 0 Å². The SMILES string of the molecule is CC(C)(C)OC(=O)c1cc(N[C@H]2CCCN(C(=O)OC(C)(C)C)C2)nc2c(C#N)c(NCc3cccc(F)c3)nn12. The Balaban J connectivity index is 1.66. The van der Waals surface area contributed by atoms with Gasteiger partial charge in [-0.25, -0.2) is 23.5 Å². The molecule has 2 aromatic heterocycles. The molecule has 3 heterocycles. The molecule has 3 aromatic rings. The second kappa shape index (κ2) is 11.6. The van der Waals surface area contributed by atoms with Crippen LogP contribution in [0, 0.1) is 17.1 Å². The zero-order valence-corrected chi connectivity index (χ0v) is 24.2. The minimum absolute atomic E-state index is 0.0718. The number of benzene rings is 1. The van der Waals surface area contributed by atoms with E-state index in [2.05, 4.69) is 26.8 Å². The molecule has 1 atom stereocenters. The second-order valence-electron chi connectivity index (χ2n) is 12.0. The van der Waals surface area contributed by atoms with Crippen molar-refractivity contribution in [1.82, 2.24) is 19.5 Å². The van der Waals surface area contributed by atoms with Gasteiger partial charge >= 0.3 is 12.1 Å². The van der Waals surface area contributed by atoms with E-state index >= 15 is 0 Å². The number of nitriles is 1. The fraction of sp³-hybridized carbons (Fsp3) is 0.483. The lowest BCUT2D eigenvalue weighted by molar-refractivity contribution is 0.00590. The summed E-state index contributed by atoms with van der Waals surface area (Å²) in [7, 11) is 0. The van der Waals surface area contributed by atoms with Crippen molar-refractivity contribution in [3.8, 4) is 6.07 Å². The van der Waals surface area contributed by atoms with Gasteiger partial charge in [0.2, 0.25) is 0 Å². The van der Waals surface area contributed by atoms with Crippen LogP contribution in [0.25, 0.3) is 5.65 Å². The number of aromatic nitrogens is 3. The summed E-state index contributed by atoms with van der Waals surface area (Å²) in [6.07, 6.45) is 1.12. The molecule has 1 aromatic carbocycles. The van der Waals surface area contributed by atoms with E-state index in [1.807, 2.05) is 20.8 Å². The van der Waals surface area contributed by atoms with Gasteiger partial charge in [0.05, 0.1) is 0 Å². The molecule has 0 unspecified atom stereocenters. The standard InChI is InChI=1S/C29H36FN7O4/c1-28(2,3)40-26(38)22-14-23(33-20-11-8-12-36(17-20)27(39)41-29(4,5)6)34-25-21(15-31)24(35-37(22)25)32-16-18-9-7-10-19(30)13-18/h7,9-10,13-14,20H,8,11-12,16-17H2,1-6H3,(H,32,35)(H,33,34)/t20-/m0/s1. The summed E-state index contributed by atoms with van der Waals surface area (Å²) >= 11 is 0. The number of piperidine rings is 1. The van der Waals surface area contributed by atoms with Crippen LogP contribution in [0.5, 0.6) is 0 Å². The highest BCUT2D eigenvalue weighted by molar-refractivity contribution is 5.90. The Labute approximate surface area is 238 Å². The zero-order valence-electron chi connectivity index (χ0n) is 24.2. The quantitative estimate of drug-likeness (QED) is 0.391. The van der Waals surface area contributed by atoms with Crippen molar-refractivity contribution in [2.75, 3.05) is 23.7 Å². The van der Waals surface area contributed by atoms with Crippen LogP contribution in [0.15, 0.2) is 30.3 Å². The van der Waals surface area contributed by atoms with Gasteiger partial charge in [0.1, 0.15) is 34.5 Å². The van der Waals surface area contributed by atoms with Crippen LogP contribution in [0.3, 0.4) is 0 Å². The first-order valence-corrected chi connectivity index (χ1v) is 13.5. The van der Waals surface area contributed by atoms with E-state index in [1.54, 1.807) is 37.8 Å². The summed E-state index contributed by atoms with van der Waals surface area (Å²) in [6.45, 7) is 11.9. The lowest BCUT2D eigenvalue weighted by atomic mass is 10.1. The van der Waals surface area contributed by atoms with Gasteiger partial charge in [-0.1, -0.05) is 12.1 Å². The van der Waals surface area contributed by atoms with Crippen LogP contribution in [0.4, 0.5) is 20.8 Å². The summed E-state index contributed by atoms with van der Waals surface area (Å²) in [4.78, 5) is 32.2. The molecule has 1 amide bonds. The lowest BCUT2D eigenvalue weighted by Gasteiger charge is -2.34. The number of ether oxygens (including phenoxy) is 2. The molecule has 0 spiro atoms. The molecule has 12 heteroatoms. The minimum Gasteiger partial charge on any atom is -0.455 e. The topological polar surface area (TPSA) is 134 Å². The van der Waals surface area contributed by atoms with E-state index in [0.29, 0.717) is 24.5 Å². The van der Waals surface area contributed by atoms with E-state index in [-0.39, 0.29) is 41.1 Å². The van der Waals surface area contributed by atoms with E-state index in [9.17, 15) is 19.2 Å². The molecule has 41 heavy (non-hydrogen) atoms. The monoisotopic (exact) mass is 565 g/mol. The zero-order chi connectivity index (χ0) is 29.9. The number of amides is 1. The Hall–Kier alpha value is -4.40. The highest BCUT2D eigenvalue weighted by Gasteiger charge is 2.29. The van der Waals surface area contributed by atoms with Crippen LogP contribution in [-0.2, 0) is 16.0 Å². The van der Waals surface area contributed by atoms with E-state index < -0.39 is 23.3 Å². The molecule has 2 N–H and O–H groups in total. The molecule has 1 saturated heterocycles. The Bertz CT molecular complexity index is 1480. The van der Waals surface area contributed by atoms with Gasteiger partial charge < -0.3 is 25.0 Å². The molecule has 1 aliphatic rings. The summed E-state index contributed by atoms with van der Waals surface area (Å²) in [6, 6.07) is 9.55. The smallest absolute Gasteiger partial charge is 0.410 e. The molecule has 1 fully saturated rings. The Kier molecular flexibility index (Phi) is 8.37. The van der Waals surface area contributed by atoms with Crippen molar-refractivity contribution >= 4 is 29.3 Å². The van der Waals surface area contributed by atoms with Crippen molar-refractivity contribution in [2.24, 2.45) is 0 Å². The first-order chi connectivity index (χ1) is 19.2.